The predicted molar refractivity (Wildman–Crippen MR) is 118 cm³/mol. The molecular weight excluding hydrogens is 409 g/mol. The quantitative estimate of drug-likeness (QED) is 0.576. The van der Waals surface area contributed by atoms with Crippen LogP contribution in [0.1, 0.15) is 28.3 Å². The van der Waals surface area contributed by atoms with Crippen LogP contribution in [0.2, 0.25) is 0 Å². The average molecular weight is 433 g/mol. The van der Waals surface area contributed by atoms with Crippen LogP contribution >= 0.6 is 0 Å². The van der Waals surface area contributed by atoms with Crippen molar-refractivity contribution in [2.24, 2.45) is 5.92 Å². The van der Waals surface area contributed by atoms with Gasteiger partial charge in [0.25, 0.3) is 5.91 Å². The van der Waals surface area contributed by atoms with Gasteiger partial charge >= 0.3 is 0 Å². The van der Waals surface area contributed by atoms with Crippen LogP contribution in [0.4, 0.5) is 4.39 Å². The largest absolute Gasteiger partial charge is 0.493 e. The van der Waals surface area contributed by atoms with Crippen LogP contribution in [0.25, 0.3) is 0 Å². The highest BCUT2D eigenvalue weighted by molar-refractivity contribution is 5.94. The van der Waals surface area contributed by atoms with Gasteiger partial charge < -0.3 is 19.1 Å². The number of carbonyl (C=O) groups is 1. The molecule has 3 aromatic carbocycles. The Balaban J connectivity index is 1.34. The lowest BCUT2D eigenvalue weighted by Crippen LogP contribution is -2.45. The highest BCUT2D eigenvalue weighted by Gasteiger charge is 2.33. The number of hydrogen-bond acceptors (Lipinski definition) is 4. The van der Waals surface area contributed by atoms with Crippen molar-refractivity contribution in [3.05, 3.63) is 89.7 Å². The first-order valence-electron chi connectivity index (χ1n) is 10.8. The monoisotopic (exact) mass is 433 g/mol. The summed E-state index contributed by atoms with van der Waals surface area (Å²) >= 11 is 0. The van der Waals surface area contributed by atoms with E-state index in [-0.39, 0.29) is 30.4 Å². The minimum Gasteiger partial charge on any atom is -0.493 e. The van der Waals surface area contributed by atoms with Gasteiger partial charge in [-0.3, -0.25) is 4.79 Å². The van der Waals surface area contributed by atoms with Crippen molar-refractivity contribution in [1.82, 2.24) is 4.90 Å². The highest BCUT2D eigenvalue weighted by Crippen LogP contribution is 2.37. The summed E-state index contributed by atoms with van der Waals surface area (Å²) in [6.07, 6.45) is 0.791. The third-order valence-electron chi connectivity index (χ3n) is 6.15. The first-order chi connectivity index (χ1) is 15.7. The normalized spacial score (nSPS) is 19.6. The Labute approximate surface area is 186 Å². The summed E-state index contributed by atoms with van der Waals surface area (Å²) in [6.45, 7) is 1.86. The molecule has 32 heavy (non-hydrogen) atoms. The Kier molecular flexibility index (Phi) is 5.67. The average Bonchev–Trinajstić information content (AvgIpc) is 3.31. The van der Waals surface area contributed by atoms with Gasteiger partial charge in [-0.05, 0) is 54.3 Å². The smallest absolute Gasteiger partial charge is 0.253 e. The number of halogens is 1. The number of nitrogens with zero attached hydrogens (tertiary/aromatic N) is 1. The van der Waals surface area contributed by atoms with Gasteiger partial charge in [0.05, 0.1) is 6.61 Å². The second-order valence-corrected chi connectivity index (χ2v) is 8.15. The summed E-state index contributed by atoms with van der Waals surface area (Å²) in [6, 6.07) is 21.5. The minimum atomic E-state index is -0.251. The number of carbonyl (C=O) groups excluding carboxylic acids is 1. The van der Waals surface area contributed by atoms with Crippen LogP contribution < -0.4 is 14.2 Å². The molecular formula is C26H24FNO4. The van der Waals surface area contributed by atoms with Crippen molar-refractivity contribution in [1.29, 1.82) is 0 Å². The molecule has 0 N–H and O–H groups in total. The molecule has 3 aromatic rings. The molecule has 0 aromatic heterocycles. The van der Waals surface area contributed by atoms with Crippen LogP contribution in [0, 0.1) is 11.7 Å². The van der Waals surface area contributed by atoms with E-state index in [2.05, 4.69) is 0 Å². The van der Waals surface area contributed by atoms with E-state index >= 15 is 0 Å². The first kappa shape index (κ1) is 20.4. The summed E-state index contributed by atoms with van der Waals surface area (Å²) in [7, 11) is 0. The number of likely N-dealkylation sites (tertiary alicyclic amines) is 1. The molecule has 5 nitrogen and oxygen atoms in total. The van der Waals surface area contributed by atoms with Crippen molar-refractivity contribution in [2.75, 3.05) is 26.5 Å². The lowest BCUT2D eigenvalue weighted by atomic mass is 9.80. The molecule has 1 fully saturated rings. The number of amides is 1. The molecule has 164 valence electrons. The summed E-state index contributed by atoms with van der Waals surface area (Å²) in [5.74, 6) is 2.08. The number of hydrogen-bond donors (Lipinski definition) is 0. The molecule has 0 aliphatic carbocycles. The summed E-state index contributed by atoms with van der Waals surface area (Å²) in [5, 5.41) is 0. The van der Waals surface area contributed by atoms with E-state index in [0.29, 0.717) is 42.5 Å². The van der Waals surface area contributed by atoms with Crippen molar-refractivity contribution in [3.8, 4) is 17.2 Å². The summed E-state index contributed by atoms with van der Waals surface area (Å²) < 4.78 is 30.4. The molecule has 5 rings (SSSR count). The third-order valence-corrected chi connectivity index (χ3v) is 6.15. The van der Waals surface area contributed by atoms with Gasteiger partial charge in [-0.1, -0.05) is 30.3 Å². The van der Waals surface area contributed by atoms with E-state index in [1.54, 1.807) is 0 Å². The Morgan fingerprint density at radius 3 is 2.59 bits per heavy atom. The molecule has 0 radical (unpaired) electrons. The number of rotatable bonds is 5. The Bertz CT molecular complexity index is 1090. The molecule has 2 aliphatic rings. The Morgan fingerprint density at radius 2 is 1.78 bits per heavy atom. The number of piperidine rings is 1. The Hall–Kier alpha value is -3.54. The van der Waals surface area contributed by atoms with Crippen LogP contribution in [-0.4, -0.2) is 37.3 Å². The van der Waals surface area contributed by atoms with Gasteiger partial charge in [0.2, 0.25) is 6.79 Å². The lowest BCUT2D eigenvalue weighted by molar-refractivity contribution is 0.0595. The van der Waals surface area contributed by atoms with E-state index in [0.717, 1.165) is 12.0 Å². The number of fused-ring (bicyclic) bond motifs is 1. The van der Waals surface area contributed by atoms with E-state index in [9.17, 15) is 9.18 Å². The maximum Gasteiger partial charge on any atom is 0.253 e. The Morgan fingerprint density at radius 1 is 1.00 bits per heavy atom. The standard InChI is InChI=1S/C26H24FNO4/c27-21-8-6-18(7-9-21)23-12-13-28(26(29)19-4-2-1-3-5-19)15-20(23)16-30-22-10-11-24-25(14-22)32-17-31-24/h1-11,14,20,23H,12-13,15-17H2. The van der Waals surface area contributed by atoms with Gasteiger partial charge in [0.15, 0.2) is 11.5 Å². The molecule has 2 heterocycles. The van der Waals surface area contributed by atoms with E-state index in [1.807, 2.05) is 65.6 Å². The second-order valence-electron chi connectivity index (χ2n) is 8.15. The van der Waals surface area contributed by atoms with Crippen LogP contribution in [0.15, 0.2) is 72.8 Å². The fourth-order valence-electron chi connectivity index (χ4n) is 4.47. The van der Waals surface area contributed by atoms with Crippen LogP contribution in [0.5, 0.6) is 17.2 Å². The maximum absolute atomic E-state index is 13.5. The van der Waals surface area contributed by atoms with Crippen LogP contribution in [-0.2, 0) is 0 Å². The van der Waals surface area contributed by atoms with Gasteiger partial charge in [-0.25, -0.2) is 4.39 Å². The third kappa shape index (κ3) is 4.26. The van der Waals surface area contributed by atoms with Gasteiger partial charge in [-0.15, -0.1) is 0 Å². The van der Waals surface area contributed by atoms with E-state index in [1.165, 1.54) is 12.1 Å². The van der Waals surface area contributed by atoms with Gasteiger partial charge in [-0.2, -0.15) is 0 Å². The zero-order chi connectivity index (χ0) is 21.9. The molecule has 1 saturated heterocycles. The molecule has 2 atom stereocenters. The number of benzene rings is 3. The summed E-state index contributed by atoms with van der Waals surface area (Å²) in [4.78, 5) is 14.9. The van der Waals surface area contributed by atoms with Gasteiger partial charge in [0, 0.05) is 30.6 Å². The molecule has 6 heteroatoms. The minimum absolute atomic E-state index is 0.0243. The second kappa shape index (κ2) is 8.91. The molecule has 0 spiro atoms. The number of ether oxygens (including phenoxy) is 3. The first-order valence-corrected chi connectivity index (χ1v) is 10.8. The van der Waals surface area contributed by atoms with E-state index in [4.69, 9.17) is 14.2 Å². The predicted octanol–water partition coefficient (Wildman–Crippen LogP) is 4.88. The van der Waals surface area contributed by atoms with Crippen molar-refractivity contribution in [2.45, 2.75) is 12.3 Å². The zero-order valence-electron chi connectivity index (χ0n) is 17.6. The molecule has 2 unspecified atom stereocenters. The fourth-order valence-corrected chi connectivity index (χ4v) is 4.47. The van der Waals surface area contributed by atoms with Crippen LogP contribution in [0.3, 0.4) is 0 Å². The van der Waals surface area contributed by atoms with Crippen molar-refractivity contribution in [3.63, 3.8) is 0 Å². The maximum atomic E-state index is 13.5. The molecule has 1 amide bonds. The zero-order valence-corrected chi connectivity index (χ0v) is 17.6. The molecule has 0 saturated carbocycles. The van der Waals surface area contributed by atoms with Gasteiger partial charge in [0.1, 0.15) is 11.6 Å². The van der Waals surface area contributed by atoms with E-state index < -0.39 is 0 Å². The highest BCUT2D eigenvalue weighted by atomic mass is 19.1. The lowest BCUT2D eigenvalue weighted by Gasteiger charge is -2.39. The topological polar surface area (TPSA) is 48.0 Å². The van der Waals surface area contributed by atoms with Crippen molar-refractivity contribution >= 4 is 5.91 Å². The summed E-state index contributed by atoms with van der Waals surface area (Å²) in [5.41, 5.74) is 1.75. The molecule has 2 aliphatic heterocycles. The SMILES string of the molecule is O=C(c1ccccc1)N1CCC(c2ccc(F)cc2)C(COc2ccc3c(c2)OCO3)C1. The molecule has 0 bridgehead atoms. The van der Waals surface area contributed by atoms with Crippen molar-refractivity contribution < 1.29 is 23.4 Å². The fraction of sp³-hybridized carbons (Fsp3) is 0.269.